The Labute approximate surface area is 161 Å². The topological polar surface area (TPSA) is 119 Å². The Bertz CT molecular complexity index is 687. The van der Waals surface area contributed by atoms with E-state index in [9.17, 15) is 10.0 Å². The summed E-state index contributed by atoms with van der Waals surface area (Å²) in [7, 11) is 0. The average molecular weight is 374 g/mol. The second kappa shape index (κ2) is 8.48. The largest absolute Gasteiger partial charge is 0.627 e. The van der Waals surface area contributed by atoms with Gasteiger partial charge in [0.15, 0.2) is 6.04 Å². The van der Waals surface area contributed by atoms with E-state index in [-0.39, 0.29) is 5.91 Å². The van der Waals surface area contributed by atoms with Crippen molar-refractivity contribution in [1.29, 1.82) is 5.41 Å². The summed E-state index contributed by atoms with van der Waals surface area (Å²) in [6.45, 7) is 2.82. The van der Waals surface area contributed by atoms with Crippen LogP contribution in [0.2, 0.25) is 0 Å². The third kappa shape index (κ3) is 3.91. The first-order chi connectivity index (χ1) is 13.0. The molecule has 0 bridgehead atoms. The van der Waals surface area contributed by atoms with Crippen molar-refractivity contribution in [3.63, 3.8) is 0 Å². The van der Waals surface area contributed by atoms with E-state index < -0.39 is 10.7 Å². The van der Waals surface area contributed by atoms with Gasteiger partial charge < -0.3 is 31.6 Å². The number of quaternary nitrogens is 1. The van der Waals surface area contributed by atoms with Crippen LogP contribution in [0.4, 0.5) is 5.69 Å². The first-order valence-electron chi connectivity index (χ1n) is 9.95. The lowest BCUT2D eigenvalue weighted by Gasteiger charge is -2.45. The fourth-order valence-electron chi connectivity index (χ4n) is 4.48. The Balaban J connectivity index is 1.81. The minimum absolute atomic E-state index is 0.0409. The molecule has 1 saturated heterocycles. The number of nitrogens with two attached hydrogens (primary N) is 2. The predicted octanol–water partition coefficient (Wildman–Crippen LogP) is 1.35. The standard InChI is InChI=1S/C20H31N5O2/c21-7-1-11-25(27)18-12-16(14-23)2-3-17(18)13-19(25)20(26)24-9-5-15(4-8-22)6-10-24/h2-3,12,14-15,19,23H,1,4-11,13,21-22H2. The molecule has 2 aliphatic rings. The summed E-state index contributed by atoms with van der Waals surface area (Å²) >= 11 is 0. The molecule has 0 saturated carbocycles. The number of carbonyl (C=O) groups excluding carboxylic acids is 1. The monoisotopic (exact) mass is 373 g/mol. The number of fused-ring (bicyclic) bond motifs is 1. The summed E-state index contributed by atoms with van der Waals surface area (Å²) in [5.74, 6) is 0.541. The Morgan fingerprint density at radius 1 is 1.30 bits per heavy atom. The molecule has 0 spiro atoms. The number of carbonyl (C=O) groups is 1. The van der Waals surface area contributed by atoms with Gasteiger partial charge in [-0.05, 0) is 43.8 Å². The van der Waals surface area contributed by atoms with Crippen molar-refractivity contribution in [1.82, 2.24) is 9.55 Å². The molecule has 2 atom stereocenters. The van der Waals surface area contributed by atoms with E-state index in [1.807, 2.05) is 17.0 Å². The molecular formula is C20H31N5O2. The lowest BCUT2D eigenvalue weighted by atomic mass is 9.93. The quantitative estimate of drug-likeness (QED) is 0.380. The number of benzene rings is 1. The number of piperidine rings is 1. The van der Waals surface area contributed by atoms with Gasteiger partial charge in [0.05, 0.1) is 6.54 Å². The first kappa shape index (κ1) is 19.9. The molecule has 0 radical (unpaired) electrons. The van der Waals surface area contributed by atoms with Gasteiger partial charge in [-0.3, -0.25) is 4.79 Å². The molecule has 1 aromatic rings. The number of likely N-dealkylation sites (tertiary alicyclic amines) is 1. The fourth-order valence-corrected chi connectivity index (χ4v) is 4.48. The second-order valence-corrected chi connectivity index (χ2v) is 7.76. The third-order valence-electron chi connectivity index (χ3n) is 6.08. The van der Waals surface area contributed by atoms with E-state index in [2.05, 4.69) is 0 Å². The van der Waals surface area contributed by atoms with E-state index in [1.54, 1.807) is 6.07 Å². The van der Waals surface area contributed by atoms with Crippen LogP contribution in [-0.2, 0) is 11.2 Å². The molecule has 148 valence electrons. The van der Waals surface area contributed by atoms with E-state index in [1.165, 1.54) is 6.21 Å². The third-order valence-corrected chi connectivity index (χ3v) is 6.08. The number of amides is 1. The smallest absolute Gasteiger partial charge is 0.282 e. The SMILES string of the molecule is N=Cc1ccc2c(c1)[N+]([O-])(CCCN)C(C(=O)N1CCC(CCN)CC1)C2. The highest BCUT2D eigenvalue weighted by Gasteiger charge is 2.46. The maximum Gasteiger partial charge on any atom is 0.282 e. The summed E-state index contributed by atoms with van der Waals surface area (Å²) in [5.41, 5.74) is 13.6. The number of hydrogen-bond donors (Lipinski definition) is 3. The Morgan fingerprint density at radius 2 is 2.04 bits per heavy atom. The summed E-state index contributed by atoms with van der Waals surface area (Å²) in [5, 5.41) is 21.4. The van der Waals surface area contributed by atoms with E-state index in [0.717, 1.165) is 24.8 Å². The highest BCUT2D eigenvalue weighted by atomic mass is 16.6. The molecule has 3 rings (SSSR count). The molecule has 27 heavy (non-hydrogen) atoms. The van der Waals surface area contributed by atoms with Crippen LogP contribution in [0, 0.1) is 16.5 Å². The lowest BCUT2D eigenvalue weighted by molar-refractivity contribution is -0.136. The molecule has 1 amide bonds. The Kier molecular flexibility index (Phi) is 6.26. The number of nitrogens with one attached hydrogen (secondary N) is 1. The van der Waals surface area contributed by atoms with Gasteiger partial charge in [-0.2, -0.15) is 0 Å². The highest BCUT2D eigenvalue weighted by Crippen LogP contribution is 2.40. The average Bonchev–Trinajstić information content (AvgIpc) is 2.99. The van der Waals surface area contributed by atoms with Crippen molar-refractivity contribution in [2.45, 2.75) is 38.1 Å². The van der Waals surface area contributed by atoms with Gasteiger partial charge >= 0.3 is 0 Å². The van der Waals surface area contributed by atoms with Crippen LogP contribution in [0.15, 0.2) is 18.2 Å². The van der Waals surface area contributed by atoms with E-state index >= 15 is 0 Å². The minimum Gasteiger partial charge on any atom is -0.627 e. The molecule has 0 aliphatic carbocycles. The van der Waals surface area contributed by atoms with Gasteiger partial charge in [-0.1, -0.05) is 12.1 Å². The molecule has 2 aliphatic heterocycles. The molecule has 1 aromatic carbocycles. The van der Waals surface area contributed by atoms with Crippen LogP contribution >= 0.6 is 0 Å². The van der Waals surface area contributed by atoms with Gasteiger partial charge in [0.1, 0.15) is 5.69 Å². The normalized spacial score (nSPS) is 25.4. The number of hydroxylamine groups is 2. The van der Waals surface area contributed by atoms with Gasteiger partial charge in [0, 0.05) is 43.8 Å². The number of nitrogens with zero attached hydrogens (tertiary/aromatic N) is 2. The maximum atomic E-state index is 13.9. The van der Waals surface area contributed by atoms with Crippen molar-refractivity contribution >= 4 is 17.8 Å². The van der Waals surface area contributed by atoms with Crippen molar-refractivity contribution in [3.8, 4) is 0 Å². The maximum absolute atomic E-state index is 13.9. The van der Waals surface area contributed by atoms with Crippen molar-refractivity contribution in [3.05, 3.63) is 34.5 Å². The van der Waals surface area contributed by atoms with Crippen molar-refractivity contribution in [2.75, 3.05) is 32.7 Å². The second-order valence-electron chi connectivity index (χ2n) is 7.76. The van der Waals surface area contributed by atoms with Crippen LogP contribution in [0.25, 0.3) is 0 Å². The zero-order valence-electron chi connectivity index (χ0n) is 15.9. The Hall–Kier alpha value is -1.80. The fraction of sp³-hybridized carbons (Fsp3) is 0.600. The van der Waals surface area contributed by atoms with Gasteiger partial charge in [-0.15, -0.1) is 0 Å². The molecule has 1 fully saturated rings. The lowest BCUT2D eigenvalue weighted by Crippen LogP contribution is -2.59. The Morgan fingerprint density at radius 3 is 2.67 bits per heavy atom. The van der Waals surface area contributed by atoms with Crippen LogP contribution < -0.4 is 16.1 Å². The highest BCUT2D eigenvalue weighted by molar-refractivity contribution is 5.88. The number of rotatable bonds is 7. The summed E-state index contributed by atoms with van der Waals surface area (Å²) in [4.78, 5) is 15.1. The van der Waals surface area contributed by atoms with Crippen molar-refractivity contribution < 1.29 is 4.79 Å². The zero-order valence-corrected chi connectivity index (χ0v) is 15.9. The molecular weight excluding hydrogens is 342 g/mol. The molecule has 2 unspecified atom stereocenters. The van der Waals surface area contributed by atoms with Crippen LogP contribution in [0.3, 0.4) is 0 Å². The molecule has 7 heteroatoms. The summed E-state index contributed by atoms with van der Waals surface area (Å²) < 4.78 is -0.643. The number of hydrogen-bond acceptors (Lipinski definition) is 5. The van der Waals surface area contributed by atoms with Crippen LogP contribution in [-0.4, -0.2) is 55.8 Å². The molecule has 7 nitrogen and oxygen atoms in total. The summed E-state index contributed by atoms with van der Waals surface area (Å²) in [6, 6.07) is 4.86. The van der Waals surface area contributed by atoms with Crippen molar-refractivity contribution in [2.24, 2.45) is 17.4 Å². The summed E-state index contributed by atoms with van der Waals surface area (Å²) in [6.07, 6.45) is 5.19. The van der Waals surface area contributed by atoms with Gasteiger partial charge in [-0.25, -0.2) is 0 Å². The van der Waals surface area contributed by atoms with Crippen LogP contribution in [0.5, 0.6) is 0 Å². The molecule has 5 N–H and O–H groups in total. The molecule has 0 aromatic heterocycles. The van der Waals surface area contributed by atoms with Gasteiger partial charge in [0.25, 0.3) is 5.91 Å². The first-order valence-corrected chi connectivity index (χ1v) is 9.95. The minimum atomic E-state index is -0.643. The predicted molar refractivity (Wildman–Crippen MR) is 108 cm³/mol. The van der Waals surface area contributed by atoms with Gasteiger partial charge in [0.2, 0.25) is 0 Å². The van der Waals surface area contributed by atoms with E-state index in [4.69, 9.17) is 16.9 Å². The molecule has 2 heterocycles. The zero-order chi connectivity index (χ0) is 19.4. The van der Waals surface area contributed by atoms with E-state index in [0.29, 0.717) is 62.7 Å². The van der Waals surface area contributed by atoms with Crippen LogP contribution in [0.1, 0.15) is 36.8 Å².